The van der Waals surface area contributed by atoms with Crippen molar-refractivity contribution in [3.8, 4) is 0 Å². The number of nitrogens with zero attached hydrogens (tertiary/aromatic N) is 3. The zero-order valence-corrected chi connectivity index (χ0v) is 17.8. The zero-order valence-electron chi connectivity index (χ0n) is 17.0. The van der Waals surface area contributed by atoms with Crippen LogP contribution >= 0.6 is 11.8 Å². The molecule has 10 heteroatoms. The van der Waals surface area contributed by atoms with Crippen molar-refractivity contribution in [1.29, 1.82) is 0 Å². The number of aryl methyl sites for hydroxylation is 2. The molecule has 1 heterocycles. The van der Waals surface area contributed by atoms with E-state index in [1.165, 1.54) is 41.6 Å². The number of aromatic nitrogens is 2. The smallest absolute Gasteiger partial charge is 0.282 e. The summed E-state index contributed by atoms with van der Waals surface area (Å²) in [7, 11) is 0. The number of nitrogens with one attached hydrogen (secondary N) is 1. The monoisotopic (exact) mass is 446 g/mol. The molecule has 0 radical (unpaired) electrons. The Morgan fingerprint density at radius 3 is 2.39 bits per heavy atom. The number of alkyl halides is 2. The first kappa shape index (κ1) is 22.4. The van der Waals surface area contributed by atoms with Crippen LogP contribution in [0.15, 0.2) is 58.3 Å². The maximum absolute atomic E-state index is 12.9. The van der Waals surface area contributed by atoms with Gasteiger partial charge in [-0.1, -0.05) is 29.5 Å². The fourth-order valence-electron chi connectivity index (χ4n) is 2.93. The van der Waals surface area contributed by atoms with E-state index in [0.717, 1.165) is 10.5 Å². The molecule has 3 rings (SSSR count). The molecule has 2 aromatic carbocycles. The molecule has 0 aliphatic heterocycles. The van der Waals surface area contributed by atoms with Crippen molar-refractivity contribution in [3.63, 3.8) is 0 Å². The second kappa shape index (κ2) is 9.25. The van der Waals surface area contributed by atoms with Crippen molar-refractivity contribution in [1.82, 2.24) is 9.78 Å². The number of benzene rings is 2. The van der Waals surface area contributed by atoms with Gasteiger partial charge in [0.1, 0.15) is 11.7 Å². The molecule has 0 aliphatic rings. The maximum Gasteiger partial charge on any atom is 0.282 e. The molecule has 0 saturated carbocycles. The summed E-state index contributed by atoms with van der Waals surface area (Å²) in [5, 5.41) is 17.8. The highest BCUT2D eigenvalue weighted by atomic mass is 32.2. The van der Waals surface area contributed by atoms with Crippen LogP contribution in [-0.2, 0) is 4.79 Å². The van der Waals surface area contributed by atoms with Gasteiger partial charge in [0.15, 0.2) is 0 Å². The van der Waals surface area contributed by atoms with Gasteiger partial charge in [-0.05, 0) is 45.0 Å². The number of anilines is 1. The normalized spacial score (nSPS) is 12.1. The Kier molecular flexibility index (Phi) is 6.69. The number of amides is 1. The Hall–Kier alpha value is -3.27. The van der Waals surface area contributed by atoms with Crippen LogP contribution in [-0.4, -0.2) is 20.6 Å². The molecule has 1 N–H and O–H groups in total. The first-order valence-electron chi connectivity index (χ1n) is 9.33. The Morgan fingerprint density at radius 2 is 1.81 bits per heavy atom. The summed E-state index contributed by atoms with van der Waals surface area (Å²) in [6.45, 7) is 5.05. The molecule has 0 spiro atoms. The molecule has 162 valence electrons. The minimum atomic E-state index is -2.74. The zero-order chi connectivity index (χ0) is 22.7. The fourth-order valence-corrected chi connectivity index (χ4v) is 3.84. The van der Waals surface area contributed by atoms with E-state index in [1.807, 2.05) is 31.2 Å². The summed E-state index contributed by atoms with van der Waals surface area (Å²) in [5.41, 5.74) is 1.15. The van der Waals surface area contributed by atoms with E-state index in [2.05, 4.69) is 10.4 Å². The minimum Gasteiger partial charge on any atom is -0.324 e. The van der Waals surface area contributed by atoms with Crippen molar-refractivity contribution in [2.45, 2.75) is 43.0 Å². The van der Waals surface area contributed by atoms with Crippen molar-refractivity contribution in [2.75, 3.05) is 5.32 Å². The van der Waals surface area contributed by atoms with Crippen molar-refractivity contribution in [3.05, 3.63) is 75.6 Å². The van der Waals surface area contributed by atoms with Crippen LogP contribution in [0.1, 0.15) is 36.3 Å². The van der Waals surface area contributed by atoms with E-state index in [4.69, 9.17) is 0 Å². The third kappa shape index (κ3) is 5.46. The van der Waals surface area contributed by atoms with Gasteiger partial charge in [0.25, 0.3) is 12.1 Å². The lowest BCUT2D eigenvalue weighted by Crippen LogP contribution is -2.25. The first-order chi connectivity index (χ1) is 14.6. The van der Waals surface area contributed by atoms with Gasteiger partial charge in [0.2, 0.25) is 5.91 Å². The Balaban J connectivity index is 1.84. The van der Waals surface area contributed by atoms with Crippen LogP contribution in [0.5, 0.6) is 0 Å². The number of halogens is 2. The van der Waals surface area contributed by atoms with Crippen LogP contribution in [0.3, 0.4) is 0 Å². The van der Waals surface area contributed by atoms with Crippen LogP contribution in [0.25, 0.3) is 0 Å². The average Bonchev–Trinajstić information content (AvgIpc) is 3.11. The number of nitro benzene ring substituents is 1. The molecule has 1 unspecified atom stereocenters. The summed E-state index contributed by atoms with van der Waals surface area (Å²) in [6.07, 6.45) is -2.74. The average molecular weight is 446 g/mol. The molecule has 0 fully saturated rings. The molecular weight excluding hydrogens is 426 g/mol. The van der Waals surface area contributed by atoms with E-state index in [1.54, 1.807) is 13.0 Å². The molecule has 7 nitrogen and oxygen atoms in total. The third-order valence-electron chi connectivity index (χ3n) is 4.54. The van der Waals surface area contributed by atoms with Gasteiger partial charge in [-0.2, -0.15) is 5.10 Å². The number of nitro groups is 1. The van der Waals surface area contributed by atoms with Gasteiger partial charge < -0.3 is 5.32 Å². The predicted molar refractivity (Wildman–Crippen MR) is 114 cm³/mol. The second-order valence-corrected chi connectivity index (χ2v) is 8.16. The molecule has 1 amide bonds. The van der Waals surface area contributed by atoms with Crippen LogP contribution in [0, 0.1) is 24.0 Å². The van der Waals surface area contributed by atoms with E-state index in [0.29, 0.717) is 10.6 Å². The Morgan fingerprint density at radius 1 is 1.13 bits per heavy atom. The van der Waals surface area contributed by atoms with E-state index in [-0.39, 0.29) is 11.4 Å². The maximum atomic E-state index is 12.9. The molecule has 0 aliphatic carbocycles. The highest BCUT2D eigenvalue weighted by Gasteiger charge is 2.22. The number of non-ortho nitro benzene ring substituents is 1. The Bertz CT molecular complexity index is 1120. The molecule has 1 atom stereocenters. The number of hydrogen-bond donors (Lipinski definition) is 1. The van der Waals surface area contributed by atoms with E-state index in [9.17, 15) is 23.7 Å². The number of carbonyl (C=O) groups is 1. The molecule has 31 heavy (non-hydrogen) atoms. The lowest BCUT2D eigenvalue weighted by molar-refractivity contribution is -0.385. The van der Waals surface area contributed by atoms with Crippen LogP contribution < -0.4 is 5.32 Å². The predicted octanol–water partition coefficient (Wildman–Crippen LogP) is 5.70. The van der Waals surface area contributed by atoms with Crippen LogP contribution in [0.4, 0.5) is 20.2 Å². The SMILES string of the molecule is Cc1ccc(Sc2cc(NC(=O)C(C)n3nc(C(F)F)cc3C)cc([N+](=O)[O-])c2)cc1. The quantitative estimate of drug-likeness (QED) is 0.372. The first-order valence-corrected chi connectivity index (χ1v) is 10.1. The Labute approximate surface area is 181 Å². The summed E-state index contributed by atoms with van der Waals surface area (Å²) < 4.78 is 27.0. The van der Waals surface area contributed by atoms with E-state index < -0.39 is 29.0 Å². The fraction of sp³-hybridized carbons (Fsp3) is 0.238. The molecule has 0 saturated heterocycles. The highest BCUT2D eigenvalue weighted by molar-refractivity contribution is 7.99. The largest absolute Gasteiger partial charge is 0.324 e. The lowest BCUT2D eigenvalue weighted by Gasteiger charge is -2.15. The number of hydrogen-bond acceptors (Lipinski definition) is 5. The number of rotatable bonds is 7. The summed E-state index contributed by atoms with van der Waals surface area (Å²) in [5.74, 6) is -0.529. The van der Waals surface area contributed by atoms with Crippen molar-refractivity contribution < 1.29 is 18.5 Å². The molecule has 1 aromatic heterocycles. The van der Waals surface area contributed by atoms with Gasteiger partial charge in [-0.3, -0.25) is 19.6 Å². The molecular formula is C21H20F2N4O3S. The lowest BCUT2D eigenvalue weighted by atomic mass is 10.2. The topological polar surface area (TPSA) is 90.1 Å². The summed E-state index contributed by atoms with van der Waals surface area (Å²) in [6, 6.07) is 12.3. The number of carbonyl (C=O) groups excluding carboxylic acids is 1. The van der Waals surface area contributed by atoms with Crippen LogP contribution in [0.2, 0.25) is 0 Å². The highest BCUT2D eigenvalue weighted by Crippen LogP contribution is 2.33. The standard InChI is InChI=1S/C21H20F2N4O3S/c1-12-4-6-17(7-5-12)31-18-10-15(9-16(11-18)27(29)30)24-21(28)14(3)26-13(2)8-19(25-26)20(22)23/h4-11,14,20H,1-3H3,(H,24,28). The van der Waals surface area contributed by atoms with Gasteiger partial charge in [-0.25, -0.2) is 8.78 Å². The van der Waals surface area contributed by atoms with Gasteiger partial charge >= 0.3 is 0 Å². The minimum absolute atomic E-state index is 0.171. The molecule has 0 bridgehead atoms. The summed E-state index contributed by atoms with van der Waals surface area (Å²) >= 11 is 1.33. The van der Waals surface area contributed by atoms with Crippen molar-refractivity contribution in [2.24, 2.45) is 0 Å². The second-order valence-electron chi connectivity index (χ2n) is 7.01. The van der Waals surface area contributed by atoms with Gasteiger partial charge in [-0.15, -0.1) is 0 Å². The van der Waals surface area contributed by atoms with Gasteiger partial charge in [0, 0.05) is 33.3 Å². The third-order valence-corrected chi connectivity index (χ3v) is 5.52. The van der Waals surface area contributed by atoms with Crippen molar-refractivity contribution >= 4 is 29.0 Å². The van der Waals surface area contributed by atoms with Gasteiger partial charge in [0.05, 0.1) is 4.92 Å². The summed E-state index contributed by atoms with van der Waals surface area (Å²) in [4.78, 5) is 25.0. The van der Waals surface area contributed by atoms with E-state index >= 15 is 0 Å². The molecule has 3 aromatic rings.